The summed E-state index contributed by atoms with van der Waals surface area (Å²) < 4.78 is 0. The third-order valence-corrected chi connectivity index (χ3v) is 3.56. The van der Waals surface area contributed by atoms with E-state index in [0.717, 1.165) is 26.1 Å². The zero-order chi connectivity index (χ0) is 12.3. The van der Waals surface area contributed by atoms with Gasteiger partial charge in [0.15, 0.2) is 0 Å². The van der Waals surface area contributed by atoms with E-state index in [9.17, 15) is 4.79 Å². The number of benzene rings is 1. The summed E-state index contributed by atoms with van der Waals surface area (Å²) in [5.74, 6) is -0.566. The second kappa shape index (κ2) is 5.32. The SMILES string of the molecule is CC1CN(Cc2ccccc2)CCC1C(=O)O. The summed E-state index contributed by atoms with van der Waals surface area (Å²) in [4.78, 5) is 13.4. The van der Waals surface area contributed by atoms with Crippen molar-refractivity contribution in [2.75, 3.05) is 13.1 Å². The Kier molecular flexibility index (Phi) is 3.79. The predicted molar refractivity (Wildman–Crippen MR) is 66.6 cm³/mol. The summed E-state index contributed by atoms with van der Waals surface area (Å²) in [6.45, 7) is 4.73. The monoisotopic (exact) mass is 233 g/mol. The number of hydrogen-bond donors (Lipinski definition) is 1. The molecule has 0 spiro atoms. The molecule has 1 aromatic carbocycles. The number of carboxylic acid groups (broad SMARTS) is 1. The summed E-state index contributed by atoms with van der Waals surface area (Å²) in [5, 5.41) is 9.07. The van der Waals surface area contributed by atoms with Crippen molar-refractivity contribution in [1.82, 2.24) is 4.90 Å². The van der Waals surface area contributed by atoms with Gasteiger partial charge in [-0.15, -0.1) is 0 Å². The molecule has 3 nitrogen and oxygen atoms in total. The first-order chi connectivity index (χ1) is 8.16. The molecule has 0 bridgehead atoms. The van der Waals surface area contributed by atoms with E-state index in [2.05, 4.69) is 17.0 Å². The third-order valence-electron chi connectivity index (χ3n) is 3.56. The molecule has 1 fully saturated rings. The fourth-order valence-corrected chi connectivity index (χ4v) is 2.58. The van der Waals surface area contributed by atoms with E-state index in [0.29, 0.717) is 0 Å². The van der Waals surface area contributed by atoms with E-state index < -0.39 is 5.97 Å². The maximum absolute atomic E-state index is 11.0. The lowest BCUT2D eigenvalue weighted by atomic mass is 9.87. The number of hydrogen-bond acceptors (Lipinski definition) is 2. The van der Waals surface area contributed by atoms with Gasteiger partial charge in [-0.3, -0.25) is 9.69 Å². The largest absolute Gasteiger partial charge is 0.481 e. The Hall–Kier alpha value is -1.35. The van der Waals surface area contributed by atoms with Crippen molar-refractivity contribution in [2.24, 2.45) is 11.8 Å². The quantitative estimate of drug-likeness (QED) is 0.870. The van der Waals surface area contributed by atoms with Crippen LogP contribution in [0.25, 0.3) is 0 Å². The van der Waals surface area contributed by atoms with E-state index in [1.54, 1.807) is 0 Å². The van der Waals surface area contributed by atoms with Gasteiger partial charge in [-0.2, -0.15) is 0 Å². The summed E-state index contributed by atoms with van der Waals surface area (Å²) in [6.07, 6.45) is 0.767. The summed E-state index contributed by atoms with van der Waals surface area (Å²) >= 11 is 0. The van der Waals surface area contributed by atoms with E-state index in [1.807, 2.05) is 25.1 Å². The molecule has 0 saturated carbocycles. The molecule has 1 heterocycles. The highest BCUT2D eigenvalue weighted by atomic mass is 16.4. The lowest BCUT2D eigenvalue weighted by molar-refractivity contribution is -0.145. The molecule has 3 heteroatoms. The van der Waals surface area contributed by atoms with Crippen LogP contribution < -0.4 is 0 Å². The van der Waals surface area contributed by atoms with Gasteiger partial charge >= 0.3 is 5.97 Å². The second-order valence-corrected chi connectivity index (χ2v) is 4.93. The molecule has 17 heavy (non-hydrogen) atoms. The van der Waals surface area contributed by atoms with Gasteiger partial charge in [-0.05, 0) is 24.4 Å². The highest BCUT2D eigenvalue weighted by molar-refractivity contribution is 5.70. The first-order valence-electron chi connectivity index (χ1n) is 6.16. The maximum atomic E-state index is 11.0. The number of nitrogens with zero attached hydrogens (tertiary/aromatic N) is 1. The molecule has 1 aromatic rings. The van der Waals surface area contributed by atoms with E-state index in [1.165, 1.54) is 5.56 Å². The van der Waals surface area contributed by atoms with Crippen LogP contribution >= 0.6 is 0 Å². The van der Waals surface area contributed by atoms with Crippen LogP contribution in [0.1, 0.15) is 18.9 Å². The van der Waals surface area contributed by atoms with Crippen LogP contribution in [0.3, 0.4) is 0 Å². The van der Waals surface area contributed by atoms with Crippen LogP contribution in [-0.4, -0.2) is 29.1 Å². The minimum absolute atomic E-state index is 0.165. The van der Waals surface area contributed by atoms with Crippen molar-refractivity contribution in [3.8, 4) is 0 Å². The topological polar surface area (TPSA) is 40.5 Å². The van der Waals surface area contributed by atoms with Gasteiger partial charge in [0, 0.05) is 13.1 Å². The Bertz CT molecular complexity index is 377. The normalized spacial score (nSPS) is 25.7. The molecule has 2 unspecified atom stereocenters. The van der Waals surface area contributed by atoms with Crippen molar-refractivity contribution in [1.29, 1.82) is 0 Å². The van der Waals surface area contributed by atoms with Crippen LogP contribution in [-0.2, 0) is 11.3 Å². The molecular weight excluding hydrogens is 214 g/mol. The van der Waals surface area contributed by atoms with E-state index in [4.69, 9.17) is 5.11 Å². The fraction of sp³-hybridized carbons (Fsp3) is 0.500. The summed E-state index contributed by atoms with van der Waals surface area (Å²) in [5.41, 5.74) is 1.30. The Labute approximate surface area is 102 Å². The van der Waals surface area contributed by atoms with Crippen molar-refractivity contribution in [3.63, 3.8) is 0 Å². The van der Waals surface area contributed by atoms with Gasteiger partial charge in [0.05, 0.1) is 5.92 Å². The molecule has 1 N–H and O–H groups in total. The van der Waals surface area contributed by atoms with Crippen molar-refractivity contribution in [3.05, 3.63) is 35.9 Å². The van der Waals surface area contributed by atoms with Gasteiger partial charge < -0.3 is 5.11 Å². The molecule has 0 amide bonds. The highest BCUT2D eigenvalue weighted by Gasteiger charge is 2.30. The maximum Gasteiger partial charge on any atom is 0.306 e. The lowest BCUT2D eigenvalue weighted by Gasteiger charge is -2.34. The zero-order valence-corrected chi connectivity index (χ0v) is 10.2. The van der Waals surface area contributed by atoms with Gasteiger partial charge in [0.1, 0.15) is 0 Å². The first kappa shape index (κ1) is 12.1. The average molecular weight is 233 g/mol. The van der Waals surface area contributed by atoms with Crippen molar-refractivity contribution < 1.29 is 9.90 Å². The van der Waals surface area contributed by atoms with Crippen LogP contribution in [0, 0.1) is 11.8 Å². The molecule has 1 aliphatic rings. The Morgan fingerprint density at radius 1 is 1.41 bits per heavy atom. The molecule has 92 valence electrons. The third kappa shape index (κ3) is 3.07. The van der Waals surface area contributed by atoms with Crippen LogP contribution in [0.15, 0.2) is 30.3 Å². The molecule has 0 aliphatic carbocycles. The summed E-state index contributed by atoms with van der Waals surface area (Å²) in [7, 11) is 0. The Morgan fingerprint density at radius 2 is 2.12 bits per heavy atom. The minimum atomic E-state index is -0.642. The molecule has 2 rings (SSSR count). The van der Waals surface area contributed by atoms with Crippen molar-refractivity contribution >= 4 is 5.97 Å². The van der Waals surface area contributed by atoms with Crippen LogP contribution in [0.2, 0.25) is 0 Å². The van der Waals surface area contributed by atoms with E-state index >= 15 is 0 Å². The number of rotatable bonds is 3. The highest BCUT2D eigenvalue weighted by Crippen LogP contribution is 2.24. The zero-order valence-electron chi connectivity index (χ0n) is 10.2. The fourth-order valence-electron chi connectivity index (χ4n) is 2.58. The predicted octanol–water partition coefficient (Wildman–Crippen LogP) is 2.23. The smallest absolute Gasteiger partial charge is 0.306 e. The number of piperidine rings is 1. The number of carbonyl (C=O) groups is 1. The molecule has 1 saturated heterocycles. The Balaban J connectivity index is 1.92. The van der Waals surface area contributed by atoms with Crippen molar-refractivity contribution in [2.45, 2.75) is 19.9 Å². The first-order valence-corrected chi connectivity index (χ1v) is 6.16. The van der Waals surface area contributed by atoms with Gasteiger partial charge in [-0.25, -0.2) is 0 Å². The van der Waals surface area contributed by atoms with Crippen LogP contribution in [0.4, 0.5) is 0 Å². The Morgan fingerprint density at radius 3 is 2.71 bits per heavy atom. The molecular formula is C14H19NO2. The number of aliphatic carboxylic acids is 1. The van der Waals surface area contributed by atoms with Crippen LogP contribution in [0.5, 0.6) is 0 Å². The lowest BCUT2D eigenvalue weighted by Crippen LogP contribution is -2.41. The average Bonchev–Trinajstić information content (AvgIpc) is 2.30. The standard InChI is InChI=1S/C14H19NO2/c1-11-9-15(8-7-13(11)14(16)17)10-12-5-3-2-4-6-12/h2-6,11,13H,7-10H2,1H3,(H,16,17). The van der Waals surface area contributed by atoms with E-state index in [-0.39, 0.29) is 11.8 Å². The molecule has 0 aromatic heterocycles. The van der Waals surface area contributed by atoms with Gasteiger partial charge in [0.25, 0.3) is 0 Å². The molecule has 2 atom stereocenters. The number of carboxylic acids is 1. The number of likely N-dealkylation sites (tertiary alicyclic amines) is 1. The second-order valence-electron chi connectivity index (χ2n) is 4.93. The summed E-state index contributed by atoms with van der Waals surface area (Å²) in [6, 6.07) is 10.3. The molecule has 1 aliphatic heterocycles. The van der Waals surface area contributed by atoms with Gasteiger partial charge in [0.2, 0.25) is 0 Å². The minimum Gasteiger partial charge on any atom is -0.481 e. The van der Waals surface area contributed by atoms with Gasteiger partial charge in [-0.1, -0.05) is 37.3 Å². The molecule has 0 radical (unpaired) electrons.